The van der Waals surface area contributed by atoms with E-state index in [4.69, 9.17) is 18.9 Å². The van der Waals surface area contributed by atoms with Crippen molar-refractivity contribution >= 4 is 16.2 Å². The van der Waals surface area contributed by atoms with Gasteiger partial charge in [0.1, 0.15) is 0 Å². The average Bonchev–Trinajstić information content (AvgIpc) is 2.68. The van der Waals surface area contributed by atoms with Crippen molar-refractivity contribution in [1.82, 2.24) is 4.83 Å². The van der Waals surface area contributed by atoms with Gasteiger partial charge in [-0.25, -0.2) is 4.83 Å². The van der Waals surface area contributed by atoms with E-state index in [9.17, 15) is 13.5 Å². The van der Waals surface area contributed by atoms with Gasteiger partial charge in [0.05, 0.1) is 39.5 Å². The summed E-state index contributed by atoms with van der Waals surface area (Å²) in [6, 6.07) is 7.13. The van der Waals surface area contributed by atoms with Crippen LogP contribution >= 0.6 is 0 Å². The third kappa shape index (κ3) is 4.53. The lowest BCUT2D eigenvalue weighted by Gasteiger charge is -2.10. The van der Waals surface area contributed by atoms with Crippen LogP contribution in [-0.4, -0.2) is 48.2 Å². The Balaban J connectivity index is 2.25. The van der Waals surface area contributed by atoms with E-state index < -0.39 is 10.0 Å². The van der Waals surface area contributed by atoms with Crippen LogP contribution in [0.15, 0.2) is 40.3 Å². The van der Waals surface area contributed by atoms with Crippen molar-refractivity contribution in [2.75, 3.05) is 28.4 Å². The Morgan fingerprint density at radius 1 is 0.889 bits per heavy atom. The molecule has 2 rings (SSSR count). The number of sulfonamides is 1. The first kappa shape index (κ1) is 20.2. The number of nitrogens with zero attached hydrogens (tertiary/aromatic N) is 1. The molecule has 146 valence electrons. The number of aromatic hydroxyl groups is 1. The normalized spacial score (nSPS) is 11.3. The van der Waals surface area contributed by atoms with Crippen LogP contribution in [0.5, 0.6) is 28.7 Å². The second-order valence-corrected chi connectivity index (χ2v) is 6.80. The number of hydrazone groups is 1. The van der Waals surface area contributed by atoms with Crippen LogP contribution in [0.1, 0.15) is 5.56 Å². The highest BCUT2D eigenvalue weighted by atomic mass is 32.2. The molecule has 0 aliphatic carbocycles. The quantitative estimate of drug-likeness (QED) is 0.516. The number of phenolic OH excluding ortho intramolecular Hbond substituents is 1. The summed E-state index contributed by atoms with van der Waals surface area (Å²) in [5.41, 5.74) is 0.455. The molecule has 0 unspecified atom stereocenters. The van der Waals surface area contributed by atoms with Crippen LogP contribution in [-0.2, 0) is 10.0 Å². The zero-order valence-electron chi connectivity index (χ0n) is 15.2. The van der Waals surface area contributed by atoms with Gasteiger partial charge in [-0.1, -0.05) is 0 Å². The molecule has 0 saturated carbocycles. The standard InChI is InChI=1S/C17H20N2O7S/c1-23-13-6-5-12(9-14(13)24-2)27(21,22)19-18-10-11-7-15(25-3)17(20)16(8-11)26-4/h5-10,19-20H,1-4H3. The van der Waals surface area contributed by atoms with Crippen molar-refractivity contribution in [1.29, 1.82) is 0 Å². The minimum atomic E-state index is -3.92. The molecule has 2 N–H and O–H groups in total. The molecule has 2 aromatic rings. The Hall–Kier alpha value is -3.14. The van der Waals surface area contributed by atoms with Crippen LogP contribution in [0.3, 0.4) is 0 Å². The zero-order chi connectivity index (χ0) is 20.0. The Morgan fingerprint density at radius 2 is 1.44 bits per heavy atom. The van der Waals surface area contributed by atoms with Crippen molar-refractivity contribution in [2.24, 2.45) is 5.10 Å². The Kier molecular flexibility index (Phi) is 6.35. The van der Waals surface area contributed by atoms with Gasteiger partial charge in [-0.2, -0.15) is 13.5 Å². The van der Waals surface area contributed by atoms with Crippen LogP contribution in [0.25, 0.3) is 0 Å². The second-order valence-electron chi connectivity index (χ2n) is 5.14. The minimum Gasteiger partial charge on any atom is -0.502 e. The second kappa shape index (κ2) is 8.49. The lowest BCUT2D eigenvalue weighted by molar-refractivity contribution is 0.340. The maximum atomic E-state index is 12.4. The molecule has 0 aliphatic heterocycles. The summed E-state index contributed by atoms with van der Waals surface area (Å²) < 4.78 is 45.0. The summed E-state index contributed by atoms with van der Waals surface area (Å²) in [5, 5.41) is 13.6. The summed E-state index contributed by atoms with van der Waals surface area (Å²) in [7, 11) is 1.71. The van der Waals surface area contributed by atoms with Crippen molar-refractivity contribution in [3.63, 3.8) is 0 Å². The van der Waals surface area contributed by atoms with Gasteiger partial charge in [0.25, 0.3) is 10.0 Å². The van der Waals surface area contributed by atoms with Crippen molar-refractivity contribution in [3.8, 4) is 28.7 Å². The number of hydrogen-bond acceptors (Lipinski definition) is 8. The highest BCUT2D eigenvalue weighted by molar-refractivity contribution is 7.89. The Bertz CT molecular complexity index is 917. The van der Waals surface area contributed by atoms with Gasteiger partial charge < -0.3 is 24.1 Å². The van der Waals surface area contributed by atoms with E-state index in [1.807, 2.05) is 0 Å². The summed E-state index contributed by atoms with van der Waals surface area (Å²) in [6.45, 7) is 0. The van der Waals surface area contributed by atoms with Gasteiger partial charge in [0.2, 0.25) is 5.75 Å². The van der Waals surface area contributed by atoms with E-state index in [0.717, 1.165) is 0 Å². The van der Waals surface area contributed by atoms with Crippen LogP contribution in [0.4, 0.5) is 0 Å². The molecule has 0 aromatic heterocycles. The number of rotatable bonds is 8. The molecule has 2 aromatic carbocycles. The number of benzene rings is 2. The van der Waals surface area contributed by atoms with Gasteiger partial charge in [-0.05, 0) is 24.3 Å². The van der Waals surface area contributed by atoms with Crippen molar-refractivity contribution in [2.45, 2.75) is 4.90 Å². The number of phenols is 1. The molecule has 0 radical (unpaired) electrons. The molecule has 0 aliphatic rings. The van der Waals surface area contributed by atoms with E-state index in [1.165, 1.54) is 65.0 Å². The zero-order valence-corrected chi connectivity index (χ0v) is 16.0. The summed E-state index contributed by atoms with van der Waals surface area (Å²) >= 11 is 0. The molecule has 0 saturated heterocycles. The summed E-state index contributed by atoms with van der Waals surface area (Å²) in [4.78, 5) is 2.06. The fourth-order valence-electron chi connectivity index (χ4n) is 2.19. The maximum absolute atomic E-state index is 12.4. The van der Waals surface area contributed by atoms with Gasteiger partial charge in [-0.15, -0.1) is 0 Å². The molecule has 0 heterocycles. The number of hydrogen-bond donors (Lipinski definition) is 2. The highest BCUT2D eigenvalue weighted by Crippen LogP contribution is 2.36. The van der Waals surface area contributed by atoms with Crippen LogP contribution < -0.4 is 23.8 Å². The molecule has 0 amide bonds. The predicted molar refractivity (Wildman–Crippen MR) is 98.7 cm³/mol. The molecule has 0 bridgehead atoms. The first-order valence-electron chi connectivity index (χ1n) is 7.58. The molecule has 10 heteroatoms. The van der Waals surface area contributed by atoms with Crippen molar-refractivity contribution < 1.29 is 32.5 Å². The van der Waals surface area contributed by atoms with Crippen LogP contribution in [0, 0.1) is 0 Å². The summed E-state index contributed by atoms with van der Waals surface area (Å²) in [5.74, 6) is 0.848. The first-order valence-corrected chi connectivity index (χ1v) is 9.06. The minimum absolute atomic E-state index is 0.0434. The fraction of sp³-hybridized carbons (Fsp3) is 0.235. The molecule has 0 spiro atoms. The molecule has 27 heavy (non-hydrogen) atoms. The SMILES string of the molecule is COc1ccc(S(=O)(=O)NN=Cc2cc(OC)c(O)c(OC)c2)cc1OC. The van der Waals surface area contributed by atoms with E-state index in [2.05, 4.69) is 9.93 Å². The van der Waals surface area contributed by atoms with Crippen LogP contribution in [0.2, 0.25) is 0 Å². The smallest absolute Gasteiger partial charge is 0.276 e. The third-order valence-corrected chi connectivity index (χ3v) is 4.77. The number of methoxy groups -OCH3 is 4. The molecule has 9 nitrogen and oxygen atoms in total. The van der Waals surface area contributed by atoms with E-state index in [1.54, 1.807) is 0 Å². The van der Waals surface area contributed by atoms with Gasteiger partial charge in [0, 0.05) is 11.6 Å². The maximum Gasteiger partial charge on any atom is 0.276 e. The van der Waals surface area contributed by atoms with Gasteiger partial charge in [-0.3, -0.25) is 0 Å². The predicted octanol–water partition coefficient (Wildman–Crippen LogP) is 1.74. The first-order chi connectivity index (χ1) is 12.9. The van der Waals surface area contributed by atoms with Gasteiger partial charge >= 0.3 is 0 Å². The third-order valence-electron chi connectivity index (χ3n) is 3.55. The summed E-state index contributed by atoms with van der Waals surface area (Å²) in [6.07, 6.45) is 1.25. The topological polar surface area (TPSA) is 116 Å². The Labute approximate surface area is 157 Å². The van der Waals surface area contributed by atoms with Crippen molar-refractivity contribution in [3.05, 3.63) is 35.9 Å². The van der Waals surface area contributed by atoms with E-state index >= 15 is 0 Å². The largest absolute Gasteiger partial charge is 0.502 e. The van der Waals surface area contributed by atoms with E-state index in [0.29, 0.717) is 11.3 Å². The molecule has 0 fully saturated rings. The lowest BCUT2D eigenvalue weighted by atomic mass is 10.2. The van der Waals surface area contributed by atoms with E-state index in [-0.39, 0.29) is 27.9 Å². The molecule has 0 atom stereocenters. The Morgan fingerprint density at radius 3 is 1.96 bits per heavy atom. The monoisotopic (exact) mass is 396 g/mol. The number of nitrogens with one attached hydrogen (secondary N) is 1. The number of ether oxygens (including phenoxy) is 4. The highest BCUT2D eigenvalue weighted by Gasteiger charge is 2.16. The molecular formula is C17H20N2O7S. The molecular weight excluding hydrogens is 376 g/mol. The lowest BCUT2D eigenvalue weighted by Crippen LogP contribution is -2.18. The average molecular weight is 396 g/mol. The van der Waals surface area contributed by atoms with Gasteiger partial charge in [0.15, 0.2) is 23.0 Å². The fourth-order valence-corrected chi connectivity index (χ4v) is 3.00.